The lowest BCUT2D eigenvalue weighted by atomic mass is 10.2. The molecular weight excluding hydrogens is 406 g/mol. The Morgan fingerprint density at radius 1 is 0.781 bits per heavy atom. The number of aryl methyl sites for hydroxylation is 1. The van der Waals surface area contributed by atoms with Crippen molar-refractivity contribution >= 4 is 39.8 Å². The molecule has 3 N–H and O–H groups in total. The molecular formula is C24H23N5O3. The van der Waals surface area contributed by atoms with Crippen LogP contribution in [0.4, 0.5) is 27.7 Å². The second-order valence-corrected chi connectivity index (χ2v) is 7.09. The number of ether oxygens (including phenoxy) is 2. The zero-order valence-corrected chi connectivity index (χ0v) is 18.0. The number of methoxy groups -OCH3 is 2. The van der Waals surface area contributed by atoms with Crippen LogP contribution in [0.3, 0.4) is 0 Å². The van der Waals surface area contributed by atoms with Gasteiger partial charge in [-0.25, -0.2) is 14.8 Å². The van der Waals surface area contributed by atoms with Crippen LogP contribution in [0.1, 0.15) is 5.56 Å². The molecule has 2 amide bonds. The third kappa shape index (κ3) is 4.70. The number of amides is 2. The van der Waals surface area contributed by atoms with Crippen molar-refractivity contribution in [1.29, 1.82) is 0 Å². The zero-order chi connectivity index (χ0) is 22.5. The van der Waals surface area contributed by atoms with Gasteiger partial charge in [-0.05, 0) is 49.4 Å². The molecule has 0 spiro atoms. The molecule has 4 aromatic rings. The Balaban J connectivity index is 1.47. The molecule has 162 valence electrons. The first-order valence-electron chi connectivity index (χ1n) is 9.94. The number of nitrogens with zero attached hydrogens (tertiary/aromatic N) is 2. The fraction of sp³-hybridized carbons (Fsp3) is 0.125. The lowest BCUT2D eigenvalue weighted by Crippen LogP contribution is -2.19. The molecule has 0 bridgehead atoms. The van der Waals surface area contributed by atoms with E-state index in [9.17, 15) is 4.79 Å². The molecule has 8 heteroatoms. The molecule has 0 fully saturated rings. The number of benzene rings is 3. The van der Waals surface area contributed by atoms with Crippen molar-refractivity contribution in [2.45, 2.75) is 6.92 Å². The normalized spacial score (nSPS) is 10.5. The van der Waals surface area contributed by atoms with Gasteiger partial charge in [0.2, 0.25) is 0 Å². The number of urea groups is 1. The Labute approximate surface area is 185 Å². The zero-order valence-electron chi connectivity index (χ0n) is 18.0. The minimum absolute atomic E-state index is 0.308. The van der Waals surface area contributed by atoms with Gasteiger partial charge in [0.1, 0.15) is 12.1 Å². The summed E-state index contributed by atoms with van der Waals surface area (Å²) in [5.41, 5.74) is 4.07. The molecule has 0 atom stereocenters. The number of anilines is 4. The van der Waals surface area contributed by atoms with Crippen LogP contribution in [0.5, 0.6) is 11.5 Å². The number of nitrogens with one attached hydrogen (secondary N) is 3. The van der Waals surface area contributed by atoms with E-state index in [1.807, 2.05) is 61.5 Å². The minimum atomic E-state index is -0.308. The molecule has 0 saturated heterocycles. The van der Waals surface area contributed by atoms with Crippen LogP contribution in [0.15, 0.2) is 67.0 Å². The van der Waals surface area contributed by atoms with E-state index in [4.69, 9.17) is 9.47 Å². The second-order valence-electron chi connectivity index (χ2n) is 7.09. The lowest BCUT2D eigenvalue weighted by Gasteiger charge is -2.12. The number of aromatic nitrogens is 2. The fourth-order valence-corrected chi connectivity index (χ4v) is 3.19. The van der Waals surface area contributed by atoms with Crippen LogP contribution in [0.2, 0.25) is 0 Å². The highest BCUT2D eigenvalue weighted by Gasteiger charge is 2.11. The van der Waals surface area contributed by atoms with E-state index in [2.05, 4.69) is 25.9 Å². The van der Waals surface area contributed by atoms with Crippen LogP contribution in [0.25, 0.3) is 10.9 Å². The second kappa shape index (κ2) is 9.22. The molecule has 0 aliphatic rings. The fourth-order valence-electron chi connectivity index (χ4n) is 3.19. The Morgan fingerprint density at radius 2 is 1.34 bits per heavy atom. The summed E-state index contributed by atoms with van der Waals surface area (Å²) in [5, 5.41) is 9.71. The number of hydrogen-bond donors (Lipinski definition) is 3. The van der Waals surface area contributed by atoms with Gasteiger partial charge in [-0.2, -0.15) is 0 Å². The summed E-state index contributed by atoms with van der Waals surface area (Å²) in [4.78, 5) is 20.9. The highest BCUT2D eigenvalue weighted by atomic mass is 16.5. The highest BCUT2D eigenvalue weighted by Crippen LogP contribution is 2.34. The van der Waals surface area contributed by atoms with Crippen molar-refractivity contribution in [3.63, 3.8) is 0 Å². The van der Waals surface area contributed by atoms with Gasteiger partial charge in [0.15, 0.2) is 11.5 Å². The van der Waals surface area contributed by atoms with Gasteiger partial charge in [-0.3, -0.25) is 0 Å². The Morgan fingerprint density at radius 3 is 1.97 bits per heavy atom. The molecule has 1 aromatic heterocycles. The maximum absolute atomic E-state index is 12.2. The van der Waals surface area contributed by atoms with E-state index in [1.165, 1.54) is 6.33 Å². The topological polar surface area (TPSA) is 97.4 Å². The molecule has 1 heterocycles. The van der Waals surface area contributed by atoms with E-state index in [-0.39, 0.29) is 6.03 Å². The van der Waals surface area contributed by atoms with Gasteiger partial charge in [0.25, 0.3) is 0 Å². The van der Waals surface area contributed by atoms with Gasteiger partial charge < -0.3 is 25.4 Å². The molecule has 0 radical (unpaired) electrons. The summed E-state index contributed by atoms with van der Waals surface area (Å²) in [6.07, 6.45) is 1.49. The summed E-state index contributed by atoms with van der Waals surface area (Å²) in [5.74, 6) is 1.83. The summed E-state index contributed by atoms with van der Waals surface area (Å²) in [6.45, 7) is 2.00. The molecule has 8 nitrogen and oxygen atoms in total. The summed E-state index contributed by atoms with van der Waals surface area (Å²) >= 11 is 0. The quantitative estimate of drug-likeness (QED) is 0.383. The predicted molar refractivity (Wildman–Crippen MR) is 126 cm³/mol. The summed E-state index contributed by atoms with van der Waals surface area (Å²) < 4.78 is 10.7. The van der Waals surface area contributed by atoms with Crippen molar-refractivity contribution < 1.29 is 14.3 Å². The third-order valence-electron chi connectivity index (χ3n) is 4.86. The van der Waals surface area contributed by atoms with Crippen LogP contribution in [-0.2, 0) is 0 Å². The van der Waals surface area contributed by atoms with Crippen LogP contribution in [0, 0.1) is 6.92 Å². The maximum Gasteiger partial charge on any atom is 0.323 e. The average molecular weight is 429 g/mol. The van der Waals surface area contributed by atoms with Crippen molar-refractivity contribution in [2.24, 2.45) is 0 Å². The third-order valence-corrected chi connectivity index (χ3v) is 4.86. The first kappa shape index (κ1) is 20.9. The number of rotatable bonds is 6. The van der Waals surface area contributed by atoms with Gasteiger partial charge in [0.05, 0.1) is 19.7 Å². The lowest BCUT2D eigenvalue weighted by molar-refractivity contribution is 0.262. The van der Waals surface area contributed by atoms with Crippen molar-refractivity contribution in [1.82, 2.24) is 9.97 Å². The van der Waals surface area contributed by atoms with E-state index in [1.54, 1.807) is 20.3 Å². The Kier molecular flexibility index (Phi) is 6.03. The number of hydrogen-bond acceptors (Lipinski definition) is 6. The molecule has 0 saturated carbocycles. The van der Waals surface area contributed by atoms with Crippen molar-refractivity contribution in [3.8, 4) is 11.5 Å². The first-order valence-corrected chi connectivity index (χ1v) is 9.94. The van der Waals surface area contributed by atoms with Gasteiger partial charge >= 0.3 is 6.03 Å². The maximum atomic E-state index is 12.2. The van der Waals surface area contributed by atoms with Gasteiger partial charge in [0, 0.05) is 28.5 Å². The number of carbonyl (C=O) groups excluding carboxylic acids is 1. The SMILES string of the molecule is COc1cc2ncnc(Nc3ccc(NC(=O)Nc4ccc(C)cc4)cc3)c2cc1OC. The average Bonchev–Trinajstić information content (AvgIpc) is 2.81. The largest absolute Gasteiger partial charge is 0.493 e. The van der Waals surface area contributed by atoms with E-state index >= 15 is 0 Å². The van der Waals surface area contributed by atoms with E-state index in [0.717, 1.165) is 27.8 Å². The Bertz CT molecular complexity index is 1240. The highest BCUT2D eigenvalue weighted by molar-refractivity contribution is 6.00. The molecule has 0 aliphatic heterocycles. The summed E-state index contributed by atoms with van der Waals surface area (Å²) in [6, 6.07) is 18.3. The molecule has 0 unspecified atom stereocenters. The first-order chi connectivity index (χ1) is 15.6. The molecule has 32 heavy (non-hydrogen) atoms. The van der Waals surface area contributed by atoms with Gasteiger partial charge in [-0.1, -0.05) is 17.7 Å². The molecule has 3 aromatic carbocycles. The standard InChI is InChI=1S/C24H23N5O3/c1-15-4-6-17(7-5-15)28-24(30)29-18-10-8-16(9-11-18)27-23-19-12-21(31-2)22(32-3)13-20(19)25-14-26-23/h4-14H,1-3H3,(H,25,26,27)(H2,28,29,30). The smallest absolute Gasteiger partial charge is 0.323 e. The number of fused-ring (bicyclic) bond motifs is 1. The van der Waals surface area contributed by atoms with Crippen LogP contribution in [-0.4, -0.2) is 30.2 Å². The van der Waals surface area contributed by atoms with Crippen molar-refractivity contribution in [3.05, 3.63) is 72.6 Å². The Hall–Kier alpha value is -4.33. The molecule has 4 rings (SSSR count). The van der Waals surface area contributed by atoms with Crippen LogP contribution >= 0.6 is 0 Å². The summed E-state index contributed by atoms with van der Waals surface area (Å²) in [7, 11) is 3.17. The van der Waals surface area contributed by atoms with Crippen molar-refractivity contribution in [2.75, 3.05) is 30.2 Å². The predicted octanol–water partition coefficient (Wildman–Crippen LogP) is 5.34. The van der Waals surface area contributed by atoms with Gasteiger partial charge in [-0.15, -0.1) is 0 Å². The molecule has 0 aliphatic carbocycles. The minimum Gasteiger partial charge on any atom is -0.493 e. The van der Waals surface area contributed by atoms with E-state index < -0.39 is 0 Å². The van der Waals surface area contributed by atoms with E-state index in [0.29, 0.717) is 23.0 Å². The van der Waals surface area contributed by atoms with Crippen LogP contribution < -0.4 is 25.4 Å². The monoisotopic (exact) mass is 429 g/mol. The number of carbonyl (C=O) groups is 1.